The maximum atomic E-state index is 13.8. The Bertz CT molecular complexity index is 1020. The summed E-state index contributed by atoms with van der Waals surface area (Å²) < 4.78 is 26.9. The highest BCUT2D eigenvalue weighted by molar-refractivity contribution is 6.39. The summed E-state index contributed by atoms with van der Waals surface area (Å²) in [6.07, 6.45) is 5.53. The topological polar surface area (TPSA) is 64.7 Å². The lowest BCUT2D eigenvalue weighted by Crippen LogP contribution is -2.43. The summed E-state index contributed by atoms with van der Waals surface area (Å²) in [7, 11) is 2.10. The fourth-order valence-electron chi connectivity index (χ4n) is 4.74. The predicted octanol–water partition coefficient (Wildman–Crippen LogP) is 3.63. The number of hydrogen-bond acceptors (Lipinski definition) is 4. The molecular weight excluding hydrogens is 426 g/mol. The number of carbonyl (C=O) groups is 2. The lowest BCUT2D eigenvalue weighted by Gasteiger charge is -2.36. The summed E-state index contributed by atoms with van der Waals surface area (Å²) in [6.45, 7) is 3.18. The Balaban J connectivity index is 1.46. The molecule has 2 aromatic carbocycles. The smallest absolute Gasteiger partial charge is 0.313 e. The van der Waals surface area contributed by atoms with E-state index in [1.807, 2.05) is 0 Å². The molecule has 1 atom stereocenters. The van der Waals surface area contributed by atoms with Gasteiger partial charge in [0, 0.05) is 31.9 Å². The van der Waals surface area contributed by atoms with Crippen LogP contribution in [0, 0.1) is 11.6 Å². The van der Waals surface area contributed by atoms with Gasteiger partial charge in [-0.2, -0.15) is 0 Å². The van der Waals surface area contributed by atoms with Gasteiger partial charge in [0.15, 0.2) is 0 Å². The second-order valence-electron chi connectivity index (χ2n) is 8.81. The number of piperidine rings is 1. The molecule has 2 aliphatic rings. The SMILES string of the molecule is CN1CCCc2cc([C@H](CNC(=O)C(=O)Nc3ccc(F)cc3F)N3CCCCC3)ccc21. The number of nitrogens with zero attached hydrogens (tertiary/aromatic N) is 2. The van der Waals surface area contributed by atoms with Crippen molar-refractivity contribution in [3.63, 3.8) is 0 Å². The van der Waals surface area contributed by atoms with E-state index >= 15 is 0 Å². The number of anilines is 2. The first-order valence-electron chi connectivity index (χ1n) is 11.5. The van der Waals surface area contributed by atoms with E-state index in [-0.39, 0.29) is 18.3 Å². The Morgan fingerprint density at radius 3 is 2.52 bits per heavy atom. The van der Waals surface area contributed by atoms with Crippen molar-refractivity contribution < 1.29 is 18.4 Å². The van der Waals surface area contributed by atoms with Gasteiger partial charge in [-0.1, -0.05) is 18.6 Å². The zero-order valence-electron chi connectivity index (χ0n) is 18.9. The van der Waals surface area contributed by atoms with E-state index in [4.69, 9.17) is 0 Å². The molecule has 0 bridgehead atoms. The second-order valence-corrected chi connectivity index (χ2v) is 8.81. The van der Waals surface area contributed by atoms with Crippen molar-refractivity contribution in [1.82, 2.24) is 10.2 Å². The van der Waals surface area contributed by atoms with Crippen molar-refractivity contribution in [2.75, 3.05) is 43.4 Å². The van der Waals surface area contributed by atoms with Crippen LogP contribution in [0.25, 0.3) is 0 Å². The average molecular weight is 457 g/mol. The number of hydrogen-bond donors (Lipinski definition) is 2. The molecule has 6 nitrogen and oxygen atoms in total. The minimum atomic E-state index is -0.982. The number of fused-ring (bicyclic) bond motifs is 1. The molecular formula is C25H30F2N4O2. The van der Waals surface area contributed by atoms with E-state index in [2.05, 4.69) is 45.7 Å². The quantitative estimate of drug-likeness (QED) is 0.675. The number of halogens is 2. The van der Waals surface area contributed by atoms with Gasteiger partial charge in [-0.25, -0.2) is 8.78 Å². The first-order chi connectivity index (χ1) is 15.9. The number of amides is 2. The first-order valence-corrected chi connectivity index (χ1v) is 11.5. The molecule has 0 spiro atoms. The van der Waals surface area contributed by atoms with E-state index in [9.17, 15) is 18.4 Å². The molecule has 0 radical (unpaired) electrons. The molecule has 1 saturated heterocycles. The molecule has 2 aliphatic heterocycles. The van der Waals surface area contributed by atoms with Gasteiger partial charge in [0.1, 0.15) is 11.6 Å². The standard InChI is InChI=1S/C25H30F2N4O2/c1-30-11-5-6-17-14-18(7-10-22(17)30)23(31-12-3-2-4-13-31)16-28-24(32)25(33)29-21-9-8-19(26)15-20(21)27/h7-10,14-15,23H,2-6,11-13,16H2,1H3,(H,28,32)(H,29,33)/t23-/m0/s1. The van der Waals surface area contributed by atoms with E-state index in [0.29, 0.717) is 6.07 Å². The van der Waals surface area contributed by atoms with Crippen LogP contribution in [-0.4, -0.2) is 49.9 Å². The lowest BCUT2D eigenvalue weighted by molar-refractivity contribution is -0.136. The van der Waals surface area contributed by atoms with Gasteiger partial charge in [0.05, 0.1) is 11.7 Å². The van der Waals surface area contributed by atoms with Crippen LogP contribution in [0.3, 0.4) is 0 Å². The van der Waals surface area contributed by atoms with Crippen LogP contribution in [0.4, 0.5) is 20.2 Å². The molecule has 8 heteroatoms. The Hall–Kier alpha value is -3.00. The fourth-order valence-corrected chi connectivity index (χ4v) is 4.74. The molecule has 2 aromatic rings. The zero-order valence-corrected chi connectivity index (χ0v) is 18.9. The molecule has 0 aliphatic carbocycles. The van der Waals surface area contributed by atoms with Gasteiger partial charge in [0.2, 0.25) is 0 Å². The highest BCUT2D eigenvalue weighted by atomic mass is 19.1. The van der Waals surface area contributed by atoms with Crippen LogP contribution < -0.4 is 15.5 Å². The molecule has 33 heavy (non-hydrogen) atoms. The minimum absolute atomic E-state index is 0.0536. The van der Waals surface area contributed by atoms with E-state index in [1.165, 1.54) is 17.7 Å². The maximum absolute atomic E-state index is 13.8. The molecule has 1 fully saturated rings. The first kappa shape index (κ1) is 23.2. The van der Waals surface area contributed by atoms with Crippen molar-refractivity contribution in [2.24, 2.45) is 0 Å². The summed E-state index contributed by atoms with van der Waals surface area (Å²) in [5, 5.41) is 4.93. The Morgan fingerprint density at radius 2 is 1.76 bits per heavy atom. The fraction of sp³-hybridized carbons (Fsp3) is 0.440. The third-order valence-corrected chi connectivity index (χ3v) is 6.51. The van der Waals surface area contributed by atoms with Crippen LogP contribution >= 0.6 is 0 Å². The number of aryl methyl sites for hydroxylation is 1. The monoisotopic (exact) mass is 456 g/mol. The van der Waals surface area contributed by atoms with Crippen LogP contribution in [0.2, 0.25) is 0 Å². The number of likely N-dealkylation sites (tertiary alicyclic amines) is 1. The van der Waals surface area contributed by atoms with Crippen LogP contribution in [0.15, 0.2) is 36.4 Å². The second kappa shape index (κ2) is 10.3. The Kier molecular flexibility index (Phi) is 7.23. The summed E-state index contributed by atoms with van der Waals surface area (Å²) in [4.78, 5) is 29.4. The molecule has 176 valence electrons. The number of carbonyl (C=O) groups excluding carboxylic acids is 2. The average Bonchev–Trinajstić information content (AvgIpc) is 2.81. The molecule has 2 amide bonds. The summed E-state index contributed by atoms with van der Waals surface area (Å²) in [5.41, 5.74) is 3.44. The summed E-state index contributed by atoms with van der Waals surface area (Å²) in [6, 6.07) is 9.21. The molecule has 0 aromatic heterocycles. The third-order valence-electron chi connectivity index (χ3n) is 6.51. The lowest BCUT2D eigenvalue weighted by atomic mass is 9.95. The molecule has 2 N–H and O–H groups in total. The molecule has 0 unspecified atom stereocenters. The van der Waals surface area contributed by atoms with Gasteiger partial charge in [-0.3, -0.25) is 14.5 Å². The number of rotatable bonds is 5. The van der Waals surface area contributed by atoms with Crippen LogP contribution in [0.1, 0.15) is 42.9 Å². The molecule has 0 saturated carbocycles. The third kappa shape index (κ3) is 5.50. The molecule has 4 rings (SSSR count). The van der Waals surface area contributed by atoms with Gasteiger partial charge in [-0.15, -0.1) is 0 Å². The van der Waals surface area contributed by atoms with Crippen molar-refractivity contribution in [3.8, 4) is 0 Å². The van der Waals surface area contributed by atoms with E-state index in [0.717, 1.165) is 63.0 Å². The van der Waals surface area contributed by atoms with Gasteiger partial charge < -0.3 is 15.5 Å². The summed E-state index contributed by atoms with van der Waals surface area (Å²) >= 11 is 0. The maximum Gasteiger partial charge on any atom is 0.313 e. The summed E-state index contributed by atoms with van der Waals surface area (Å²) in [5.74, 6) is -3.51. The van der Waals surface area contributed by atoms with Crippen molar-refractivity contribution in [3.05, 3.63) is 59.2 Å². The van der Waals surface area contributed by atoms with Crippen molar-refractivity contribution in [2.45, 2.75) is 38.1 Å². The highest BCUT2D eigenvalue weighted by Crippen LogP contribution is 2.31. The Labute approximate surface area is 192 Å². The zero-order chi connectivity index (χ0) is 23.4. The van der Waals surface area contributed by atoms with Crippen LogP contribution in [0.5, 0.6) is 0 Å². The van der Waals surface area contributed by atoms with Gasteiger partial charge >= 0.3 is 11.8 Å². The minimum Gasteiger partial charge on any atom is -0.374 e. The van der Waals surface area contributed by atoms with Crippen molar-refractivity contribution >= 4 is 23.2 Å². The largest absolute Gasteiger partial charge is 0.374 e. The molecule has 2 heterocycles. The number of nitrogens with one attached hydrogen (secondary N) is 2. The van der Waals surface area contributed by atoms with Gasteiger partial charge in [0.25, 0.3) is 0 Å². The van der Waals surface area contributed by atoms with Gasteiger partial charge in [-0.05, 0) is 68.1 Å². The highest BCUT2D eigenvalue weighted by Gasteiger charge is 2.26. The van der Waals surface area contributed by atoms with E-state index < -0.39 is 23.4 Å². The Morgan fingerprint density at radius 1 is 0.970 bits per heavy atom. The van der Waals surface area contributed by atoms with Crippen molar-refractivity contribution in [1.29, 1.82) is 0 Å². The normalized spacial score (nSPS) is 17.2. The van der Waals surface area contributed by atoms with E-state index in [1.54, 1.807) is 0 Å². The predicted molar refractivity (Wildman–Crippen MR) is 124 cm³/mol. The van der Waals surface area contributed by atoms with Crippen LogP contribution in [-0.2, 0) is 16.0 Å². The number of benzene rings is 2.